The Morgan fingerprint density at radius 1 is 1.28 bits per heavy atom. The minimum absolute atomic E-state index is 0.116. The van der Waals surface area contributed by atoms with Gasteiger partial charge in [-0.15, -0.1) is 0 Å². The molecule has 0 heterocycles. The first-order valence-corrected chi connectivity index (χ1v) is 7.28. The maximum atomic E-state index is 12.0. The fraction of sp³-hybridized carbons (Fsp3) is 0.929. The molecule has 0 spiro atoms. The van der Waals surface area contributed by atoms with E-state index >= 15 is 0 Å². The molecule has 1 fully saturated rings. The highest BCUT2D eigenvalue weighted by atomic mass is 16.5. The van der Waals surface area contributed by atoms with Gasteiger partial charge in [-0.3, -0.25) is 4.79 Å². The lowest BCUT2D eigenvalue weighted by atomic mass is 9.95. The Balaban J connectivity index is 2.19. The summed E-state index contributed by atoms with van der Waals surface area (Å²) in [5, 5.41) is 6.35. The number of nitrogens with one attached hydrogen (secondary N) is 2. The van der Waals surface area contributed by atoms with Crippen LogP contribution in [-0.4, -0.2) is 37.2 Å². The van der Waals surface area contributed by atoms with E-state index in [2.05, 4.69) is 10.6 Å². The van der Waals surface area contributed by atoms with Gasteiger partial charge in [-0.1, -0.05) is 19.3 Å². The van der Waals surface area contributed by atoms with Crippen molar-refractivity contribution < 1.29 is 9.53 Å². The standard InChI is InChI=1S/C14H28N2O2/c1-4-18-11(2)10-15-12(3)14(17)16-13-8-6-5-7-9-13/h11-13,15H,4-10H2,1-3H3,(H,16,17). The summed E-state index contributed by atoms with van der Waals surface area (Å²) in [6.45, 7) is 7.34. The Kier molecular flexibility index (Phi) is 7.28. The summed E-state index contributed by atoms with van der Waals surface area (Å²) >= 11 is 0. The van der Waals surface area contributed by atoms with Crippen molar-refractivity contribution in [3.8, 4) is 0 Å². The van der Waals surface area contributed by atoms with Crippen molar-refractivity contribution in [1.29, 1.82) is 0 Å². The topological polar surface area (TPSA) is 50.4 Å². The molecule has 1 aliphatic carbocycles. The predicted octanol–water partition coefficient (Wildman–Crippen LogP) is 1.84. The first kappa shape index (κ1) is 15.4. The van der Waals surface area contributed by atoms with Gasteiger partial charge in [0, 0.05) is 19.2 Å². The Hall–Kier alpha value is -0.610. The summed E-state index contributed by atoms with van der Waals surface area (Å²) in [6, 6.07) is 0.245. The molecule has 0 aromatic heterocycles. The second-order valence-electron chi connectivity index (χ2n) is 5.24. The molecule has 106 valence electrons. The molecule has 2 atom stereocenters. The lowest BCUT2D eigenvalue weighted by molar-refractivity contribution is -0.123. The number of carbonyl (C=O) groups is 1. The van der Waals surface area contributed by atoms with Gasteiger partial charge in [-0.25, -0.2) is 0 Å². The highest BCUT2D eigenvalue weighted by molar-refractivity contribution is 5.81. The first-order valence-electron chi connectivity index (χ1n) is 7.28. The largest absolute Gasteiger partial charge is 0.377 e. The average Bonchev–Trinajstić information content (AvgIpc) is 2.37. The lowest BCUT2D eigenvalue weighted by Crippen LogP contribution is -2.48. The van der Waals surface area contributed by atoms with E-state index in [-0.39, 0.29) is 18.1 Å². The van der Waals surface area contributed by atoms with Crippen LogP contribution in [0, 0.1) is 0 Å². The van der Waals surface area contributed by atoms with Crippen molar-refractivity contribution in [3.63, 3.8) is 0 Å². The SMILES string of the molecule is CCOC(C)CNC(C)C(=O)NC1CCCCC1. The van der Waals surface area contributed by atoms with Crippen LogP contribution < -0.4 is 10.6 Å². The third-order valence-corrected chi connectivity index (χ3v) is 3.51. The molecule has 2 unspecified atom stereocenters. The van der Waals surface area contributed by atoms with E-state index in [1.807, 2.05) is 20.8 Å². The molecule has 2 N–H and O–H groups in total. The second-order valence-corrected chi connectivity index (χ2v) is 5.24. The van der Waals surface area contributed by atoms with Crippen molar-refractivity contribution in [1.82, 2.24) is 10.6 Å². The molecule has 0 radical (unpaired) electrons. The van der Waals surface area contributed by atoms with Crippen LogP contribution in [0.4, 0.5) is 0 Å². The van der Waals surface area contributed by atoms with Crippen LogP contribution in [0.3, 0.4) is 0 Å². The highest BCUT2D eigenvalue weighted by Crippen LogP contribution is 2.17. The molecule has 0 aliphatic heterocycles. The third-order valence-electron chi connectivity index (χ3n) is 3.51. The van der Waals surface area contributed by atoms with E-state index in [1.165, 1.54) is 19.3 Å². The summed E-state index contributed by atoms with van der Waals surface area (Å²) in [7, 11) is 0. The van der Waals surface area contributed by atoms with Gasteiger partial charge < -0.3 is 15.4 Å². The fourth-order valence-electron chi connectivity index (χ4n) is 2.35. The van der Waals surface area contributed by atoms with Crippen LogP contribution in [0.25, 0.3) is 0 Å². The van der Waals surface area contributed by atoms with Crippen molar-refractivity contribution in [2.75, 3.05) is 13.2 Å². The summed E-state index contributed by atoms with van der Waals surface area (Å²) in [5.41, 5.74) is 0. The van der Waals surface area contributed by atoms with Gasteiger partial charge >= 0.3 is 0 Å². The van der Waals surface area contributed by atoms with Crippen molar-refractivity contribution in [2.24, 2.45) is 0 Å². The zero-order valence-corrected chi connectivity index (χ0v) is 12.0. The first-order chi connectivity index (χ1) is 8.63. The average molecular weight is 256 g/mol. The number of amides is 1. The van der Waals surface area contributed by atoms with Gasteiger partial charge in [0.15, 0.2) is 0 Å². The molecular formula is C14H28N2O2. The molecule has 4 nitrogen and oxygen atoms in total. The minimum atomic E-state index is -0.144. The Labute approximate surface area is 111 Å². The Morgan fingerprint density at radius 2 is 1.94 bits per heavy atom. The molecule has 1 amide bonds. The van der Waals surface area contributed by atoms with Crippen LogP contribution in [0.5, 0.6) is 0 Å². The summed E-state index contributed by atoms with van der Waals surface area (Å²) < 4.78 is 5.43. The van der Waals surface area contributed by atoms with Gasteiger partial charge in [-0.05, 0) is 33.6 Å². The van der Waals surface area contributed by atoms with Crippen molar-refractivity contribution in [2.45, 2.75) is 71.1 Å². The third kappa shape index (κ3) is 5.83. The molecular weight excluding hydrogens is 228 g/mol. The van der Waals surface area contributed by atoms with Crippen LogP contribution in [0.15, 0.2) is 0 Å². The van der Waals surface area contributed by atoms with Gasteiger partial charge in [0.1, 0.15) is 0 Å². The molecule has 1 aliphatic rings. The van der Waals surface area contributed by atoms with E-state index in [0.717, 1.165) is 12.8 Å². The molecule has 18 heavy (non-hydrogen) atoms. The smallest absolute Gasteiger partial charge is 0.237 e. The summed E-state index contributed by atoms with van der Waals surface area (Å²) in [4.78, 5) is 12.0. The fourth-order valence-corrected chi connectivity index (χ4v) is 2.35. The van der Waals surface area contributed by atoms with Gasteiger partial charge in [-0.2, -0.15) is 0 Å². The van der Waals surface area contributed by atoms with Crippen LogP contribution in [0.2, 0.25) is 0 Å². The quantitative estimate of drug-likeness (QED) is 0.731. The maximum absolute atomic E-state index is 12.0. The van der Waals surface area contributed by atoms with Crippen LogP contribution in [0.1, 0.15) is 52.9 Å². The maximum Gasteiger partial charge on any atom is 0.237 e. The second kappa shape index (κ2) is 8.48. The molecule has 0 aromatic rings. The molecule has 0 saturated heterocycles. The monoisotopic (exact) mass is 256 g/mol. The molecule has 0 aromatic carbocycles. The number of carbonyl (C=O) groups excluding carboxylic acids is 1. The Bertz CT molecular complexity index is 240. The number of hydrogen-bond acceptors (Lipinski definition) is 3. The van der Waals surface area contributed by atoms with Gasteiger partial charge in [0.25, 0.3) is 0 Å². The summed E-state index contributed by atoms with van der Waals surface area (Å²) in [6.07, 6.45) is 6.22. The van der Waals surface area contributed by atoms with Crippen LogP contribution in [-0.2, 0) is 9.53 Å². The highest BCUT2D eigenvalue weighted by Gasteiger charge is 2.19. The van der Waals surface area contributed by atoms with E-state index in [1.54, 1.807) is 0 Å². The number of ether oxygens (including phenoxy) is 1. The van der Waals surface area contributed by atoms with E-state index in [9.17, 15) is 4.79 Å². The minimum Gasteiger partial charge on any atom is -0.377 e. The van der Waals surface area contributed by atoms with E-state index < -0.39 is 0 Å². The predicted molar refractivity (Wildman–Crippen MR) is 73.6 cm³/mol. The van der Waals surface area contributed by atoms with E-state index in [4.69, 9.17) is 4.74 Å². The Morgan fingerprint density at radius 3 is 2.56 bits per heavy atom. The zero-order chi connectivity index (χ0) is 13.4. The number of rotatable bonds is 7. The molecule has 4 heteroatoms. The lowest BCUT2D eigenvalue weighted by Gasteiger charge is -2.25. The van der Waals surface area contributed by atoms with Gasteiger partial charge in [0.05, 0.1) is 12.1 Å². The molecule has 0 bridgehead atoms. The van der Waals surface area contributed by atoms with Gasteiger partial charge in [0.2, 0.25) is 5.91 Å². The molecule has 1 rings (SSSR count). The zero-order valence-electron chi connectivity index (χ0n) is 12.0. The van der Waals surface area contributed by atoms with Crippen molar-refractivity contribution in [3.05, 3.63) is 0 Å². The summed E-state index contributed by atoms with van der Waals surface area (Å²) in [5.74, 6) is 0.116. The van der Waals surface area contributed by atoms with Crippen LogP contribution >= 0.6 is 0 Å². The van der Waals surface area contributed by atoms with E-state index in [0.29, 0.717) is 19.2 Å². The normalized spacial score (nSPS) is 20.4. The van der Waals surface area contributed by atoms with Crippen molar-refractivity contribution >= 4 is 5.91 Å². The number of hydrogen-bond donors (Lipinski definition) is 2. The molecule has 1 saturated carbocycles.